The minimum absolute atomic E-state index is 0.0133. The molecule has 1 aliphatic heterocycles. The number of nitrogens with zero attached hydrogens (tertiary/aromatic N) is 5. The van der Waals surface area contributed by atoms with Gasteiger partial charge in [0.05, 0.1) is 11.4 Å². The molecule has 12 heteroatoms. The van der Waals surface area contributed by atoms with Crippen LogP contribution >= 0.6 is 0 Å². The van der Waals surface area contributed by atoms with Crippen LogP contribution in [0.25, 0.3) is 16.7 Å². The van der Waals surface area contributed by atoms with Gasteiger partial charge in [0.1, 0.15) is 11.5 Å². The number of halogens is 1. The fraction of sp³-hybridized carbons (Fsp3) is 0.519. The molecule has 1 saturated heterocycles. The van der Waals surface area contributed by atoms with Crippen molar-refractivity contribution >= 4 is 27.1 Å². The molecule has 5 rings (SSSR count). The van der Waals surface area contributed by atoms with E-state index in [4.69, 9.17) is 9.84 Å². The van der Waals surface area contributed by atoms with Crippen LogP contribution in [0.5, 0.6) is 0 Å². The molecule has 0 atom stereocenters. The Morgan fingerprint density at radius 2 is 1.85 bits per heavy atom. The fourth-order valence-corrected chi connectivity index (χ4v) is 5.76. The molecular formula is C27H35FN6O4S. The molecular weight excluding hydrogens is 523 g/mol. The third-order valence-corrected chi connectivity index (χ3v) is 9.15. The molecule has 3 heterocycles. The number of methoxy groups -OCH3 is 1. The minimum Gasteiger partial charge on any atom is -0.384 e. The van der Waals surface area contributed by atoms with E-state index in [1.807, 2.05) is 0 Å². The molecule has 1 N–H and O–H groups in total. The summed E-state index contributed by atoms with van der Waals surface area (Å²) in [5.74, 6) is -0.388. The van der Waals surface area contributed by atoms with Gasteiger partial charge in [-0.05, 0) is 80.6 Å². The zero-order valence-electron chi connectivity index (χ0n) is 22.6. The Morgan fingerprint density at radius 3 is 2.44 bits per heavy atom. The second-order valence-electron chi connectivity index (χ2n) is 10.7. The normalized spacial score (nSPS) is 17.6. The van der Waals surface area contributed by atoms with Crippen molar-refractivity contribution in [3.8, 4) is 5.69 Å². The molecule has 210 valence electrons. The van der Waals surface area contributed by atoms with Crippen LogP contribution in [0.4, 0.5) is 4.39 Å². The van der Waals surface area contributed by atoms with Gasteiger partial charge in [-0.3, -0.25) is 9.69 Å². The first kappa shape index (κ1) is 27.6. The number of pyridine rings is 1. The van der Waals surface area contributed by atoms with Crippen molar-refractivity contribution in [2.75, 3.05) is 40.9 Å². The summed E-state index contributed by atoms with van der Waals surface area (Å²) in [6, 6.07) is 7.66. The van der Waals surface area contributed by atoms with E-state index in [2.05, 4.69) is 14.6 Å². The van der Waals surface area contributed by atoms with Gasteiger partial charge in [-0.25, -0.2) is 18.8 Å². The maximum Gasteiger partial charge on any atom is 0.303 e. The molecule has 39 heavy (non-hydrogen) atoms. The van der Waals surface area contributed by atoms with E-state index in [-0.39, 0.29) is 17.4 Å². The molecule has 0 unspecified atom stereocenters. The van der Waals surface area contributed by atoms with E-state index < -0.39 is 16.1 Å². The van der Waals surface area contributed by atoms with Gasteiger partial charge in [0.2, 0.25) is 0 Å². The summed E-state index contributed by atoms with van der Waals surface area (Å²) in [7, 11) is 0.406. The zero-order valence-corrected chi connectivity index (χ0v) is 23.4. The number of piperidine rings is 1. The average molecular weight is 559 g/mol. The number of fused-ring (bicyclic) bond motifs is 1. The van der Waals surface area contributed by atoms with Crippen molar-refractivity contribution < 1.29 is 22.3 Å². The number of aromatic nitrogens is 3. The summed E-state index contributed by atoms with van der Waals surface area (Å²) in [4.78, 5) is 20.2. The lowest BCUT2D eigenvalue weighted by molar-refractivity contribution is 0.0963. The quantitative estimate of drug-likeness (QED) is 0.430. The minimum atomic E-state index is -4.01. The molecule has 2 fully saturated rings. The number of carbonyl (C=O) groups excluding carboxylic acids is 1. The van der Waals surface area contributed by atoms with Crippen molar-refractivity contribution in [2.45, 2.75) is 44.6 Å². The smallest absolute Gasteiger partial charge is 0.303 e. The highest BCUT2D eigenvalue weighted by molar-refractivity contribution is 7.87. The summed E-state index contributed by atoms with van der Waals surface area (Å²) in [6.45, 7) is 3.10. The number of benzene rings is 1. The number of nitrogens with one attached hydrogen (secondary N) is 1. The van der Waals surface area contributed by atoms with E-state index in [0.717, 1.165) is 72.7 Å². The molecule has 1 aromatic carbocycles. The number of ether oxygens (including phenoxy) is 1. The van der Waals surface area contributed by atoms with Crippen LogP contribution in [0, 0.1) is 11.7 Å². The van der Waals surface area contributed by atoms with Gasteiger partial charge in [-0.1, -0.05) is 6.42 Å². The SMILES string of the molecule is COCC1CCN(Cc2cc(C(=O)NS(=O)(=O)N(C)C)nc3c2c(C2CCC2)nn3-c2ccc(F)cc2)CC1. The van der Waals surface area contributed by atoms with Gasteiger partial charge in [-0.15, -0.1) is 0 Å². The molecule has 0 spiro atoms. The molecule has 1 aliphatic carbocycles. The Bertz CT molecular complexity index is 1450. The summed E-state index contributed by atoms with van der Waals surface area (Å²) in [6.07, 6.45) is 5.18. The van der Waals surface area contributed by atoms with E-state index in [1.165, 1.54) is 26.2 Å². The van der Waals surface area contributed by atoms with Gasteiger partial charge < -0.3 is 4.74 Å². The average Bonchev–Trinajstić information content (AvgIpc) is 3.23. The van der Waals surface area contributed by atoms with Crippen LogP contribution in [-0.2, 0) is 21.5 Å². The summed E-state index contributed by atoms with van der Waals surface area (Å²) >= 11 is 0. The molecule has 1 amide bonds. The Labute approximate surface area is 228 Å². The highest BCUT2D eigenvalue weighted by atomic mass is 32.2. The van der Waals surface area contributed by atoms with Gasteiger partial charge >= 0.3 is 10.2 Å². The third-order valence-electron chi connectivity index (χ3n) is 7.75. The lowest BCUT2D eigenvalue weighted by Gasteiger charge is -2.32. The summed E-state index contributed by atoms with van der Waals surface area (Å²) in [5.41, 5.74) is 2.87. The van der Waals surface area contributed by atoms with Crippen molar-refractivity contribution in [1.29, 1.82) is 0 Å². The first-order valence-electron chi connectivity index (χ1n) is 13.3. The molecule has 1 saturated carbocycles. The monoisotopic (exact) mass is 558 g/mol. The molecule has 0 bridgehead atoms. The number of likely N-dealkylation sites (tertiary alicyclic amines) is 1. The first-order valence-corrected chi connectivity index (χ1v) is 14.7. The van der Waals surface area contributed by atoms with Crippen LogP contribution in [-0.4, -0.2) is 79.2 Å². The Morgan fingerprint density at radius 1 is 1.15 bits per heavy atom. The molecule has 2 aliphatic rings. The van der Waals surface area contributed by atoms with Crippen LogP contribution in [0.1, 0.15) is 59.8 Å². The molecule has 10 nitrogen and oxygen atoms in total. The van der Waals surface area contributed by atoms with Crippen LogP contribution in [0.3, 0.4) is 0 Å². The van der Waals surface area contributed by atoms with E-state index >= 15 is 0 Å². The second-order valence-corrected chi connectivity index (χ2v) is 12.5. The number of carbonyl (C=O) groups is 1. The zero-order chi connectivity index (χ0) is 27.7. The van der Waals surface area contributed by atoms with Crippen LogP contribution < -0.4 is 4.72 Å². The molecule has 3 aromatic rings. The number of amides is 1. The van der Waals surface area contributed by atoms with Crippen LogP contribution in [0.2, 0.25) is 0 Å². The number of hydrogen-bond acceptors (Lipinski definition) is 7. The fourth-order valence-electron chi connectivity index (χ4n) is 5.24. The van der Waals surface area contributed by atoms with Gasteiger partial charge in [0.15, 0.2) is 5.65 Å². The van der Waals surface area contributed by atoms with E-state index in [0.29, 0.717) is 23.8 Å². The van der Waals surface area contributed by atoms with Crippen molar-refractivity contribution in [1.82, 2.24) is 28.7 Å². The first-order chi connectivity index (χ1) is 18.7. The maximum absolute atomic E-state index is 13.7. The standard InChI is InChI=1S/C27H35FN6O4S/c1-32(2)39(36,37)31-27(35)23-15-20(16-33-13-11-18(12-14-33)17-38-3)24-25(19-5-4-6-19)30-34(26(24)29-23)22-9-7-21(28)8-10-22/h7-10,15,18-19H,4-6,11-14,16-17H2,1-3H3,(H,31,35). The van der Waals surface area contributed by atoms with Gasteiger partial charge in [0, 0.05) is 45.7 Å². The van der Waals surface area contributed by atoms with Crippen LogP contribution in [0.15, 0.2) is 30.3 Å². The predicted molar refractivity (Wildman–Crippen MR) is 145 cm³/mol. The van der Waals surface area contributed by atoms with E-state index in [9.17, 15) is 17.6 Å². The number of hydrogen-bond donors (Lipinski definition) is 1. The van der Waals surface area contributed by atoms with Gasteiger partial charge in [-0.2, -0.15) is 17.8 Å². The molecule has 0 radical (unpaired) electrons. The Kier molecular flexibility index (Phi) is 7.99. The number of rotatable bonds is 9. The highest BCUT2D eigenvalue weighted by Crippen LogP contribution is 2.41. The highest BCUT2D eigenvalue weighted by Gasteiger charge is 2.30. The summed E-state index contributed by atoms with van der Waals surface area (Å²) in [5, 5.41) is 5.83. The predicted octanol–water partition coefficient (Wildman–Crippen LogP) is 3.22. The van der Waals surface area contributed by atoms with Crippen molar-refractivity contribution in [2.24, 2.45) is 5.92 Å². The topological polar surface area (TPSA) is 110 Å². The third kappa shape index (κ3) is 5.84. The Balaban J connectivity index is 1.61. The van der Waals surface area contributed by atoms with Crippen molar-refractivity contribution in [3.05, 3.63) is 53.1 Å². The summed E-state index contributed by atoms with van der Waals surface area (Å²) < 4.78 is 48.6. The molecule has 2 aromatic heterocycles. The second kappa shape index (κ2) is 11.3. The maximum atomic E-state index is 13.7. The Hall–Kier alpha value is -2.93. The van der Waals surface area contributed by atoms with Crippen molar-refractivity contribution in [3.63, 3.8) is 0 Å². The van der Waals surface area contributed by atoms with Gasteiger partial charge in [0.25, 0.3) is 5.91 Å². The largest absolute Gasteiger partial charge is 0.384 e. The van der Waals surface area contributed by atoms with E-state index in [1.54, 1.807) is 30.0 Å². The lowest BCUT2D eigenvalue weighted by atomic mass is 9.81. The lowest BCUT2D eigenvalue weighted by Crippen LogP contribution is -2.40.